The molecule has 0 radical (unpaired) electrons. The average molecular weight is 572 g/mol. The first-order valence-corrected chi connectivity index (χ1v) is 13.3. The number of hydrogen-bond acceptors (Lipinski definition) is 6. The third-order valence-electron chi connectivity index (χ3n) is 7.41. The molecule has 2 N–H and O–H groups in total. The minimum absolute atomic E-state index is 0.0210. The Bertz CT molecular complexity index is 1280. The molecule has 0 unspecified atom stereocenters. The molecule has 0 aliphatic carbocycles. The first kappa shape index (κ1) is 29.1. The van der Waals surface area contributed by atoms with Crippen LogP contribution in [0, 0.1) is 11.7 Å². The van der Waals surface area contributed by atoms with E-state index in [1.807, 2.05) is 17.0 Å². The van der Waals surface area contributed by atoms with Gasteiger partial charge in [-0.05, 0) is 54.8 Å². The number of nitrogens with zero attached hydrogens (tertiary/aromatic N) is 4. The fraction of sp³-hybridized carbons (Fsp3) is 0.345. The molecule has 40 heavy (non-hydrogen) atoms. The molecule has 2 aromatic rings. The van der Waals surface area contributed by atoms with E-state index in [-0.39, 0.29) is 29.5 Å². The number of likely N-dealkylation sites (tertiary alicyclic amines) is 2. The first-order valence-electron chi connectivity index (χ1n) is 13.0. The van der Waals surface area contributed by atoms with Gasteiger partial charge < -0.3 is 25.2 Å². The standard InChI is InChI=1S/C29H32ClF2N5O3/c1-19(34-16-24(32)15-33)36-13-11-21(12-14-36)28(38)37-17-26(20-3-5-22(30)6-4-20)27(18-37)35(2)29(39)40-25-9-7-23(31)8-10-25/h3-10,15-16,21,26-27H,1,11-14,17-18,33H2,2H3/b24-15+,34-16-/t26-,27+/m0/s1. The van der Waals surface area contributed by atoms with Gasteiger partial charge in [0.25, 0.3) is 0 Å². The number of rotatable bonds is 7. The van der Waals surface area contributed by atoms with Gasteiger partial charge in [0.1, 0.15) is 17.4 Å². The Morgan fingerprint density at radius 2 is 1.75 bits per heavy atom. The van der Waals surface area contributed by atoms with E-state index in [9.17, 15) is 18.4 Å². The number of nitrogens with two attached hydrogens (primary N) is 1. The van der Waals surface area contributed by atoms with Crippen LogP contribution in [0.25, 0.3) is 0 Å². The molecule has 2 aromatic carbocycles. The highest BCUT2D eigenvalue weighted by atomic mass is 35.5. The van der Waals surface area contributed by atoms with Crippen molar-refractivity contribution in [2.75, 3.05) is 33.2 Å². The molecule has 11 heteroatoms. The van der Waals surface area contributed by atoms with Crippen LogP contribution in [0.1, 0.15) is 24.3 Å². The van der Waals surface area contributed by atoms with E-state index >= 15 is 0 Å². The molecular formula is C29H32ClF2N5O3. The number of carbonyl (C=O) groups excluding carboxylic acids is 2. The average Bonchev–Trinajstić information content (AvgIpc) is 3.42. The second-order valence-electron chi connectivity index (χ2n) is 9.89. The molecule has 2 heterocycles. The van der Waals surface area contributed by atoms with Crippen LogP contribution < -0.4 is 10.5 Å². The highest BCUT2D eigenvalue weighted by molar-refractivity contribution is 6.30. The zero-order chi connectivity index (χ0) is 28.8. The molecule has 0 saturated carbocycles. The molecular weight excluding hydrogens is 540 g/mol. The molecule has 0 aromatic heterocycles. The van der Waals surface area contributed by atoms with Gasteiger partial charge in [-0.2, -0.15) is 0 Å². The van der Waals surface area contributed by atoms with Gasteiger partial charge in [-0.1, -0.05) is 30.3 Å². The van der Waals surface area contributed by atoms with Crippen molar-refractivity contribution in [2.45, 2.75) is 24.8 Å². The topological polar surface area (TPSA) is 91.5 Å². The van der Waals surface area contributed by atoms with E-state index in [2.05, 4.69) is 11.6 Å². The summed E-state index contributed by atoms with van der Waals surface area (Å²) in [6.45, 7) is 5.77. The van der Waals surface area contributed by atoms with E-state index in [0.29, 0.717) is 49.9 Å². The fourth-order valence-electron chi connectivity index (χ4n) is 5.11. The summed E-state index contributed by atoms with van der Waals surface area (Å²) in [5, 5.41) is 0.592. The minimum Gasteiger partial charge on any atom is -0.410 e. The molecule has 2 saturated heterocycles. The van der Waals surface area contributed by atoms with E-state index in [1.54, 1.807) is 24.1 Å². The van der Waals surface area contributed by atoms with Crippen molar-refractivity contribution >= 4 is 29.8 Å². The molecule has 2 aliphatic heterocycles. The molecule has 2 atom stereocenters. The second kappa shape index (κ2) is 13.0. The Balaban J connectivity index is 1.44. The smallest absolute Gasteiger partial charge is 0.410 e. The number of aliphatic imine (C=N–C) groups is 1. The number of allylic oxidation sites excluding steroid dienone is 1. The third kappa shape index (κ3) is 6.98. The van der Waals surface area contributed by atoms with E-state index < -0.39 is 17.7 Å². The molecule has 8 nitrogen and oxygen atoms in total. The number of likely N-dealkylation sites (N-methyl/N-ethyl adjacent to an activating group) is 1. The summed E-state index contributed by atoms with van der Waals surface area (Å²) in [7, 11) is 1.64. The molecule has 2 aliphatic rings. The van der Waals surface area contributed by atoms with Gasteiger partial charge >= 0.3 is 6.09 Å². The number of amides is 2. The quantitative estimate of drug-likeness (QED) is 0.476. The van der Waals surface area contributed by atoms with Crippen molar-refractivity contribution in [2.24, 2.45) is 16.6 Å². The number of ether oxygens (including phenoxy) is 1. The van der Waals surface area contributed by atoms with Crippen LogP contribution >= 0.6 is 11.6 Å². The van der Waals surface area contributed by atoms with Crippen molar-refractivity contribution < 1.29 is 23.1 Å². The maximum Gasteiger partial charge on any atom is 0.415 e. The zero-order valence-electron chi connectivity index (χ0n) is 22.2. The van der Waals surface area contributed by atoms with Crippen LogP contribution in [0.15, 0.2) is 78.0 Å². The van der Waals surface area contributed by atoms with Crippen molar-refractivity contribution in [1.29, 1.82) is 0 Å². The summed E-state index contributed by atoms with van der Waals surface area (Å²) >= 11 is 6.10. The number of benzene rings is 2. The SMILES string of the molecule is C=C(/N=C\C(F)=C/N)N1CCC(C(=O)N2C[C@@H](N(C)C(=O)Oc3ccc(F)cc3)[C@H](c3ccc(Cl)cc3)C2)CC1. The minimum atomic E-state index is -0.656. The summed E-state index contributed by atoms with van der Waals surface area (Å²) in [6, 6.07) is 12.2. The van der Waals surface area contributed by atoms with Crippen LogP contribution in [-0.4, -0.2) is 72.2 Å². The fourth-order valence-corrected chi connectivity index (χ4v) is 5.24. The Kier molecular flexibility index (Phi) is 9.42. The van der Waals surface area contributed by atoms with Crippen LogP contribution in [0.4, 0.5) is 13.6 Å². The molecule has 212 valence electrons. The van der Waals surface area contributed by atoms with E-state index in [0.717, 1.165) is 18.0 Å². The summed E-state index contributed by atoms with van der Waals surface area (Å²) in [5.74, 6) is -0.785. The molecule has 4 rings (SSSR count). The molecule has 0 bridgehead atoms. The van der Waals surface area contributed by atoms with Gasteiger partial charge in [-0.3, -0.25) is 4.79 Å². The first-order chi connectivity index (χ1) is 19.2. The number of halogens is 3. The lowest BCUT2D eigenvalue weighted by Crippen LogP contribution is -2.45. The van der Waals surface area contributed by atoms with Crippen molar-refractivity contribution in [3.8, 4) is 5.75 Å². The second-order valence-corrected chi connectivity index (χ2v) is 10.3. The third-order valence-corrected chi connectivity index (χ3v) is 7.66. The van der Waals surface area contributed by atoms with Crippen molar-refractivity contribution in [1.82, 2.24) is 14.7 Å². The Morgan fingerprint density at radius 1 is 1.10 bits per heavy atom. The predicted molar refractivity (Wildman–Crippen MR) is 150 cm³/mol. The van der Waals surface area contributed by atoms with E-state index in [4.69, 9.17) is 22.1 Å². The maximum absolute atomic E-state index is 13.6. The van der Waals surface area contributed by atoms with E-state index in [1.165, 1.54) is 29.2 Å². The maximum atomic E-state index is 13.6. The number of carbonyl (C=O) groups is 2. The lowest BCUT2D eigenvalue weighted by atomic mass is 9.93. The van der Waals surface area contributed by atoms with Crippen molar-refractivity contribution in [3.63, 3.8) is 0 Å². The van der Waals surface area contributed by atoms with Gasteiger partial charge in [0, 0.05) is 56.3 Å². The van der Waals surface area contributed by atoms with Gasteiger partial charge in [0.15, 0.2) is 5.83 Å². The summed E-state index contributed by atoms with van der Waals surface area (Å²) in [5.41, 5.74) is 6.08. The van der Waals surface area contributed by atoms with Crippen molar-refractivity contribution in [3.05, 3.63) is 89.4 Å². The van der Waals surface area contributed by atoms with Gasteiger partial charge in [-0.15, -0.1) is 0 Å². The number of hydrogen-bond donors (Lipinski definition) is 1. The number of piperidine rings is 1. The normalized spacial score (nSPS) is 20.1. The highest BCUT2D eigenvalue weighted by Gasteiger charge is 2.42. The largest absolute Gasteiger partial charge is 0.415 e. The predicted octanol–water partition coefficient (Wildman–Crippen LogP) is 4.93. The van der Waals surface area contributed by atoms with Gasteiger partial charge in [0.2, 0.25) is 5.91 Å². The Labute approximate surface area is 237 Å². The lowest BCUT2D eigenvalue weighted by Gasteiger charge is -2.34. The zero-order valence-corrected chi connectivity index (χ0v) is 22.9. The molecule has 2 fully saturated rings. The highest BCUT2D eigenvalue weighted by Crippen LogP contribution is 2.34. The summed E-state index contributed by atoms with van der Waals surface area (Å²) < 4.78 is 32.0. The Hall–Kier alpha value is -3.92. The van der Waals surface area contributed by atoms with Crippen LogP contribution in [-0.2, 0) is 4.79 Å². The monoisotopic (exact) mass is 571 g/mol. The van der Waals surface area contributed by atoms with Crippen LogP contribution in [0.5, 0.6) is 5.75 Å². The summed E-state index contributed by atoms with van der Waals surface area (Å²) in [6.07, 6.45) is 2.43. The van der Waals surface area contributed by atoms with Crippen LogP contribution in [0.3, 0.4) is 0 Å². The van der Waals surface area contributed by atoms with Gasteiger partial charge in [-0.25, -0.2) is 18.6 Å². The van der Waals surface area contributed by atoms with Gasteiger partial charge in [0.05, 0.1) is 12.3 Å². The lowest BCUT2D eigenvalue weighted by molar-refractivity contribution is -0.136. The summed E-state index contributed by atoms with van der Waals surface area (Å²) in [4.78, 5) is 35.9. The molecule has 0 spiro atoms. The van der Waals surface area contributed by atoms with Crippen LogP contribution in [0.2, 0.25) is 5.02 Å². The molecule has 2 amide bonds. The Morgan fingerprint density at radius 3 is 2.38 bits per heavy atom.